The Morgan fingerprint density at radius 3 is 2.45 bits per heavy atom. The van der Waals surface area contributed by atoms with E-state index in [1.54, 1.807) is 0 Å². The van der Waals surface area contributed by atoms with Crippen LogP contribution in [0.15, 0.2) is 58.0 Å². The van der Waals surface area contributed by atoms with Crippen molar-refractivity contribution in [1.29, 1.82) is 0 Å². The van der Waals surface area contributed by atoms with Gasteiger partial charge in [0, 0.05) is 11.1 Å². The van der Waals surface area contributed by atoms with E-state index < -0.39 is 22.5 Å². The molecule has 0 aliphatic heterocycles. The molecule has 0 spiro atoms. The molecule has 0 radical (unpaired) electrons. The van der Waals surface area contributed by atoms with Gasteiger partial charge in [-0.05, 0) is 44.5 Å². The number of aromatic nitrogens is 1. The fourth-order valence-electron chi connectivity index (χ4n) is 2.86. The number of nitrogens with zero attached hydrogens (tertiary/aromatic N) is 1. The first-order valence-corrected chi connectivity index (χ1v) is 10.9. The summed E-state index contributed by atoms with van der Waals surface area (Å²) in [5.74, 6) is -0.521. The fraction of sp³-hybridized carbons (Fsp3) is 0.227. The Morgan fingerprint density at radius 1 is 1.10 bits per heavy atom. The lowest BCUT2D eigenvalue weighted by Crippen LogP contribution is -2.30. The summed E-state index contributed by atoms with van der Waals surface area (Å²) in [5.41, 5.74) is 3.78. The molecular formula is C22H22N2O6S. The van der Waals surface area contributed by atoms with Crippen LogP contribution < -0.4 is 4.72 Å². The lowest BCUT2D eigenvalue weighted by atomic mass is 10.1. The second-order valence-electron chi connectivity index (χ2n) is 7.03. The molecule has 3 aromatic rings. The van der Waals surface area contributed by atoms with Gasteiger partial charge in [0.15, 0.2) is 5.78 Å². The number of carbonyl (C=O) groups excluding carboxylic acids is 2. The number of hydrogen-bond donors (Lipinski definition) is 1. The number of aryl methyl sites for hydroxylation is 2. The van der Waals surface area contributed by atoms with Gasteiger partial charge < -0.3 is 9.15 Å². The first-order chi connectivity index (χ1) is 14.7. The van der Waals surface area contributed by atoms with E-state index in [4.69, 9.17) is 9.15 Å². The van der Waals surface area contributed by atoms with Crippen LogP contribution in [-0.2, 0) is 26.2 Å². The number of nitrogens with one attached hydrogen (secondary N) is 1. The third-order valence-corrected chi connectivity index (χ3v) is 5.94. The van der Waals surface area contributed by atoms with Gasteiger partial charge in [-0.1, -0.05) is 29.8 Å². The average molecular weight is 442 g/mol. The number of ether oxygens (including phenoxy) is 1. The lowest BCUT2D eigenvalue weighted by Gasteiger charge is -2.07. The van der Waals surface area contributed by atoms with Gasteiger partial charge in [-0.2, -0.15) is 4.72 Å². The SMILES string of the molecule is CC(=O)c1ccc(S(=O)(=O)NCC(=O)OCc2coc(-c3ccc(C)cc3C)n2)cc1. The molecule has 0 aliphatic carbocycles. The molecular weight excluding hydrogens is 420 g/mol. The Hall–Kier alpha value is -3.30. The highest BCUT2D eigenvalue weighted by molar-refractivity contribution is 7.89. The van der Waals surface area contributed by atoms with Crippen molar-refractivity contribution in [2.75, 3.05) is 6.54 Å². The summed E-state index contributed by atoms with van der Waals surface area (Å²) >= 11 is 0. The summed E-state index contributed by atoms with van der Waals surface area (Å²) in [6, 6.07) is 11.3. The monoisotopic (exact) mass is 442 g/mol. The van der Waals surface area contributed by atoms with E-state index in [0.717, 1.165) is 16.7 Å². The maximum absolute atomic E-state index is 12.3. The lowest BCUT2D eigenvalue weighted by molar-refractivity contribution is -0.143. The van der Waals surface area contributed by atoms with Crippen LogP contribution >= 0.6 is 0 Å². The minimum atomic E-state index is -3.92. The minimum Gasteiger partial charge on any atom is -0.458 e. The Bertz CT molecular complexity index is 1210. The van der Waals surface area contributed by atoms with Gasteiger partial charge in [-0.25, -0.2) is 13.4 Å². The van der Waals surface area contributed by atoms with Crippen molar-refractivity contribution in [1.82, 2.24) is 9.71 Å². The van der Waals surface area contributed by atoms with Crippen LogP contribution in [0.5, 0.6) is 0 Å². The smallest absolute Gasteiger partial charge is 0.321 e. The molecule has 0 unspecified atom stereocenters. The van der Waals surface area contributed by atoms with Crippen molar-refractivity contribution < 1.29 is 27.2 Å². The van der Waals surface area contributed by atoms with Gasteiger partial charge in [-0.3, -0.25) is 9.59 Å². The molecule has 2 aromatic carbocycles. The molecule has 1 heterocycles. The van der Waals surface area contributed by atoms with E-state index in [1.807, 2.05) is 32.0 Å². The maximum atomic E-state index is 12.3. The predicted octanol–water partition coefficient (Wildman–Crippen LogP) is 3.18. The first kappa shape index (κ1) is 22.4. The summed E-state index contributed by atoms with van der Waals surface area (Å²) in [5, 5.41) is 0. The van der Waals surface area contributed by atoms with Crippen molar-refractivity contribution >= 4 is 21.8 Å². The molecule has 0 atom stereocenters. The molecule has 0 saturated carbocycles. The van der Waals surface area contributed by atoms with E-state index in [0.29, 0.717) is 17.1 Å². The van der Waals surface area contributed by atoms with Crippen molar-refractivity contribution in [3.8, 4) is 11.5 Å². The number of sulfonamides is 1. The molecule has 1 aromatic heterocycles. The van der Waals surface area contributed by atoms with Crippen molar-refractivity contribution in [2.45, 2.75) is 32.3 Å². The molecule has 8 nitrogen and oxygen atoms in total. The highest BCUT2D eigenvalue weighted by Gasteiger charge is 2.17. The summed E-state index contributed by atoms with van der Waals surface area (Å²) in [6.45, 7) is 4.64. The predicted molar refractivity (Wildman–Crippen MR) is 113 cm³/mol. The number of esters is 1. The van der Waals surface area contributed by atoms with Crippen LogP contribution in [0.4, 0.5) is 0 Å². The van der Waals surface area contributed by atoms with Crippen LogP contribution in [0.3, 0.4) is 0 Å². The second-order valence-corrected chi connectivity index (χ2v) is 8.80. The first-order valence-electron chi connectivity index (χ1n) is 9.44. The van der Waals surface area contributed by atoms with E-state index in [9.17, 15) is 18.0 Å². The molecule has 0 aliphatic rings. The Balaban J connectivity index is 1.54. The zero-order valence-corrected chi connectivity index (χ0v) is 18.2. The number of benzene rings is 2. The van der Waals surface area contributed by atoms with Crippen LogP contribution in [0.2, 0.25) is 0 Å². The summed E-state index contributed by atoms with van der Waals surface area (Å²) in [4.78, 5) is 27.5. The van der Waals surface area contributed by atoms with Crippen LogP contribution in [-0.4, -0.2) is 31.7 Å². The largest absolute Gasteiger partial charge is 0.458 e. The van der Waals surface area contributed by atoms with Gasteiger partial charge in [0.1, 0.15) is 25.1 Å². The third kappa shape index (κ3) is 5.65. The molecule has 9 heteroatoms. The standard InChI is InChI=1S/C22H22N2O6S/c1-14-4-9-20(15(2)10-14)22-24-18(13-30-22)12-29-21(26)11-23-31(27,28)19-7-5-17(6-8-19)16(3)25/h4-10,13,23H,11-12H2,1-3H3. The van der Waals surface area contributed by atoms with Crippen molar-refractivity contribution in [3.05, 3.63) is 71.1 Å². The quantitative estimate of drug-likeness (QED) is 0.421. The van der Waals surface area contributed by atoms with E-state index in [2.05, 4.69) is 9.71 Å². The van der Waals surface area contributed by atoms with Crippen molar-refractivity contribution in [3.63, 3.8) is 0 Å². The van der Waals surface area contributed by atoms with Crippen LogP contribution in [0.1, 0.15) is 34.1 Å². The average Bonchev–Trinajstić information content (AvgIpc) is 3.19. The topological polar surface area (TPSA) is 116 Å². The third-order valence-electron chi connectivity index (χ3n) is 4.52. The van der Waals surface area contributed by atoms with Gasteiger partial charge in [0.25, 0.3) is 0 Å². The Labute approximate surface area is 180 Å². The van der Waals surface area contributed by atoms with Crippen LogP contribution in [0, 0.1) is 13.8 Å². The number of ketones is 1. The highest BCUT2D eigenvalue weighted by atomic mass is 32.2. The van der Waals surface area contributed by atoms with Gasteiger partial charge in [-0.15, -0.1) is 0 Å². The van der Waals surface area contributed by atoms with E-state index >= 15 is 0 Å². The number of Topliss-reactive ketones (excluding diaryl/α,β-unsaturated/α-hetero) is 1. The van der Waals surface area contributed by atoms with Crippen molar-refractivity contribution in [2.24, 2.45) is 0 Å². The maximum Gasteiger partial charge on any atom is 0.321 e. The molecule has 3 rings (SSSR count). The summed E-state index contributed by atoms with van der Waals surface area (Å²) in [7, 11) is -3.92. The van der Waals surface area contributed by atoms with E-state index in [1.165, 1.54) is 37.5 Å². The van der Waals surface area contributed by atoms with Crippen LogP contribution in [0.25, 0.3) is 11.5 Å². The molecule has 0 amide bonds. The number of carbonyl (C=O) groups is 2. The Morgan fingerprint density at radius 2 is 1.81 bits per heavy atom. The van der Waals surface area contributed by atoms with Gasteiger partial charge >= 0.3 is 5.97 Å². The molecule has 1 N–H and O–H groups in total. The fourth-order valence-corrected chi connectivity index (χ4v) is 3.83. The molecule has 162 valence electrons. The highest BCUT2D eigenvalue weighted by Crippen LogP contribution is 2.23. The zero-order valence-electron chi connectivity index (χ0n) is 17.3. The molecule has 0 fully saturated rings. The molecule has 0 saturated heterocycles. The van der Waals surface area contributed by atoms with Gasteiger partial charge in [0.05, 0.1) is 4.90 Å². The molecule has 0 bridgehead atoms. The zero-order chi connectivity index (χ0) is 22.6. The number of oxazole rings is 1. The Kier molecular flexibility index (Phi) is 6.67. The number of hydrogen-bond acceptors (Lipinski definition) is 7. The normalized spacial score (nSPS) is 11.3. The number of rotatable bonds is 8. The minimum absolute atomic E-state index is 0.0556. The summed E-state index contributed by atoms with van der Waals surface area (Å²) < 4.78 is 37.3. The molecule has 31 heavy (non-hydrogen) atoms. The van der Waals surface area contributed by atoms with Gasteiger partial charge in [0.2, 0.25) is 15.9 Å². The van der Waals surface area contributed by atoms with E-state index in [-0.39, 0.29) is 17.3 Å². The summed E-state index contributed by atoms with van der Waals surface area (Å²) in [6.07, 6.45) is 1.39. The second kappa shape index (κ2) is 9.23.